The molecule has 2 aromatic heterocycles. The number of amides is 4. The van der Waals surface area contributed by atoms with Gasteiger partial charge >= 0.3 is 20.4 Å². The number of rotatable bonds is 13. The van der Waals surface area contributed by atoms with Crippen LogP contribution >= 0.6 is 0 Å². The quantitative estimate of drug-likeness (QED) is 0.111. The molecule has 17 rings (SSSR count). The van der Waals surface area contributed by atoms with Crippen molar-refractivity contribution in [1.29, 1.82) is 0 Å². The van der Waals surface area contributed by atoms with Gasteiger partial charge in [-0.25, -0.2) is 9.44 Å². The molecule has 5 saturated heterocycles. The highest BCUT2D eigenvalue weighted by Gasteiger charge is 2.67. The lowest BCUT2D eigenvalue weighted by atomic mass is 9.81. The van der Waals surface area contributed by atoms with E-state index in [2.05, 4.69) is 76.5 Å². The predicted molar refractivity (Wildman–Crippen MR) is 378 cm³/mol. The molecule has 4 bridgehead atoms. The first-order valence-electron chi connectivity index (χ1n) is 36.6. The number of hydrogen-bond donors (Lipinski definition) is 2. The van der Waals surface area contributed by atoms with E-state index >= 15 is 9.59 Å². The maximum Gasteiger partial charge on any atom is 0.304 e. The van der Waals surface area contributed by atoms with Gasteiger partial charge in [0.2, 0.25) is 11.8 Å². The van der Waals surface area contributed by atoms with E-state index in [4.69, 9.17) is 9.47 Å². The molecule has 4 saturated carbocycles. The van der Waals surface area contributed by atoms with Gasteiger partial charge in [-0.15, -0.1) is 0 Å². The number of aromatic nitrogens is 2. The summed E-state index contributed by atoms with van der Waals surface area (Å²) in [6.45, 7) is 7.53. The number of carbonyl (C=O) groups is 4. The molecule has 98 heavy (non-hydrogen) atoms. The largest absolute Gasteiger partial charge is 0.497 e. The number of likely N-dealkylation sites (N-methyl/N-ethyl adjacent to an activating group) is 2. The van der Waals surface area contributed by atoms with Gasteiger partial charge in [0.15, 0.2) is 0 Å². The molecule has 4 aromatic carbocycles. The molecule has 7 aliphatic heterocycles. The molecule has 22 heteroatoms. The van der Waals surface area contributed by atoms with Crippen LogP contribution in [0.15, 0.2) is 72.8 Å². The van der Waals surface area contributed by atoms with Crippen LogP contribution in [0.3, 0.4) is 0 Å². The zero-order chi connectivity index (χ0) is 67.9. The molecule has 0 spiro atoms. The normalized spacial score (nSPS) is 27.7. The molecular formula is C76H96N10O10S2. The van der Waals surface area contributed by atoms with Gasteiger partial charge < -0.3 is 38.2 Å². The molecule has 8 unspecified atom stereocenters. The van der Waals surface area contributed by atoms with Gasteiger partial charge in [-0.05, 0) is 186 Å². The average Bonchev–Trinajstić information content (AvgIpc) is 1.52. The molecule has 2 N–H and O–H groups in total. The fourth-order valence-electron chi connectivity index (χ4n) is 20.0. The van der Waals surface area contributed by atoms with Crippen LogP contribution in [0.25, 0.3) is 44.3 Å². The van der Waals surface area contributed by atoms with Crippen molar-refractivity contribution in [3.8, 4) is 34.0 Å². The summed E-state index contributed by atoms with van der Waals surface area (Å²) >= 11 is 0. The number of piperazine rings is 2. The highest BCUT2D eigenvalue weighted by atomic mass is 32.2. The van der Waals surface area contributed by atoms with E-state index in [1.165, 1.54) is 72.1 Å². The van der Waals surface area contributed by atoms with Gasteiger partial charge in [-0.2, -0.15) is 25.4 Å². The number of likely N-dealkylation sites (tertiary alicyclic amines) is 2. The van der Waals surface area contributed by atoms with Crippen LogP contribution in [-0.2, 0) is 43.1 Å². The van der Waals surface area contributed by atoms with Crippen LogP contribution in [0, 0.1) is 10.8 Å². The second kappa shape index (κ2) is 25.1. The maximum atomic E-state index is 15.1. The SMILES string of the molecule is CCN(C)S(=O)(=O)NC(=O)c1ccc2c(C3CCCCC3)c3n(c2c1)CC1(C(=O)N2C4CCC2CN(C)C4)CC1c1cc(OC)ccc1-3.COc1ccc2c(c1)C1CC1(C(=O)N1C3CCC1CN(C)C3)Cn1c-2c(C2CCCCC2)c2ccc(C(=O)NS(=O)(=O)N3CCCCC3)cc21. The van der Waals surface area contributed by atoms with E-state index in [-0.39, 0.29) is 59.9 Å². The van der Waals surface area contributed by atoms with E-state index in [0.717, 1.165) is 170 Å². The molecule has 4 aliphatic carbocycles. The minimum atomic E-state index is -3.98. The lowest BCUT2D eigenvalue weighted by Crippen LogP contribution is -2.57. The summed E-state index contributed by atoms with van der Waals surface area (Å²) in [6, 6.07) is 25.0. The minimum Gasteiger partial charge on any atom is -0.497 e. The van der Waals surface area contributed by atoms with Gasteiger partial charge in [0.05, 0.1) is 36.4 Å². The lowest BCUT2D eigenvalue weighted by Gasteiger charge is -2.41. The van der Waals surface area contributed by atoms with Crippen LogP contribution in [0.4, 0.5) is 0 Å². The van der Waals surface area contributed by atoms with Crippen LogP contribution in [0.5, 0.6) is 11.5 Å². The van der Waals surface area contributed by atoms with Gasteiger partial charge in [0.1, 0.15) is 11.5 Å². The van der Waals surface area contributed by atoms with Crippen molar-refractivity contribution in [2.24, 2.45) is 10.8 Å². The highest BCUT2D eigenvalue weighted by Crippen LogP contribution is 2.69. The van der Waals surface area contributed by atoms with Crippen molar-refractivity contribution in [3.05, 3.63) is 106 Å². The monoisotopic (exact) mass is 1370 g/mol. The fraction of sp³-hybridized carbons (Fsp3) is 0.579. The van der Waals surface area contributed by atoms with E-state index < -0.39 is 43.1 Å². The molecule has 9 fully saturated rings. The number of fused-ring (bicyclic) bond motifs is 18. The predicted octanol–water partition coefficient (Wildman–Crippen LogP) is 10.7. The lowest BCUT2D eigenvalue weighted by molar-refractivity contribution is -0.144. The van der Waals surface area contributed by atoms with Crippen LogP contribution < -0.4 is 18.9 Å². The standard InChI is InChI=1S/C39H49N5O5S.C37H47N5O5S/c1-41-22-27-12-13-28(23-41)44(27)38(46)39-21-33(39)32-20-29(49-2)14-16-30(32)36-35(25-9-5-3-6-10-25)31-15-11-26(19-34(31)43(36)24-39)37(45)40-50(47,48)42-17-7-4-8-18-42;1-5-40(3)48(45,46)38-35(43)24-11-15-29-32(17-24)41-22-37(36(44)42-25-12-13-26(42)21-39(2)20-25)19-31(37)30-18-27(47-4)14-16-28(30)34(41)33(29)23-9-7-6-8-10-23/h11,14-16,19-20,25,27-28,33H,3-10,12-13,17-18,21-24H2,1-2H3,(H,40,45);11,14-18,23,25-26,31H,5-10,12-13,19-22H2,1-4H3,(H,38,43). The van der Waals surface area contributed by atoms with Gasteiger partial charge in [-0.1, -0.05) is 64.0 Å². The Morgan fingerprint density at radius 2 is 0.939 bits per heavy atom. The number of nitrogens with zero attached hydrogens (tertiary/aromatic N) is 8. The van der Waals surface area contributed by atoms with E-state index in [1.807, 2.05) is 36.4 Å². The van der Waals surface area contributed by atoms with Crippen molar-refractivity contribution in [1.82, 2.24) is 46.8 Å². The maximum absolute atomic E-state index is 15.1. The number of benzene rings is 4. The van der Waals surface area contributed by atoms with Crippen molar-refractivity contribution in [2.45, 2.75) is 190 Å². The Balaban J connectivity index is 0.000000153. The second-order valence-electron chi connectivity index (χ2n) is 30.9. The summed E-state index contributed by atoms with van der Waals surface area (Å²) in [7, 11) is 1.24. The fourth-order valence-corrected chi connectivity index (χ4v) is 22.1. The molecule has 4 amide bonds. The molecule has 522 valence electrons. The van der Waals surface area contributed by atoms with Gasteiger partial charge in [-0.3, -0.25) is 19.2 Å². The van der Waals surface area contributed by atoms with Crippen LogP contribution in [0.1, 0.15) is 196 Å². The molecule has 8 atom stereocenters. The number of piperidine rings is 1. The van der Waals surface area contributed by atoms with Crippen molar-refractivity contribution < 1.29 is 45.5 Å². The molecule has 6 aromatic rings. The minimum absolute atomic E-state index is 0.0736. The zero-order valence-corrected chi connectivity index (χ0v) is 59.5. The number of methoxy groups -OCH3 is 2. The smallest absolute Gasteiger partial charge is 0.304 e. The highest BCUT2D eigenvalue weighted by molar-refractivity contribution is 7.88. The van der Waals surface area contributed by atoms with Crippen LogP contribution in [-0.4, -0.2) is 183 Å². The number of ether oxygens (including phenoxy) is 2. The molecule has 11 aliphatic rings. The summed E-state index contributed by atoms with van der Waals surface area (Å²) in [4.78, 5) is 66.5. The Hall–Kier alpha value is -6.82. The Morgan fingerprint density at radius 3 is 1.35 bits per heavy atom. The van der Waals surface area contributed by atoms with Crippen molar-refractivity contribution in [2.75, 3.05) is 81.2 Å². The third kappa shape index (κ3) is 11.0. The number of hydrogen-bond acceptors (Lipinski definition) is 12. The molecule has 9 heterocycles. The zero-order valence-electron chi connectivity index (χ0n) is 57.8. The van der Waals surface area contributed by atoms with Crippen molar-refractivity contribution in [3.63, 3.8) is 0 Å². The summed E-state index contributed by atoms with van der Waals surface area (Å²) in [5.41, 5.74) is 10.8. The third-order valence-corrected chi connectivity index (χ3v) is 28.2. The second-order valence-corrected chi connectivity index (χ2v) is 34.4. The van der Waals surface area contributed by atoms with E-state index in [9.17, 15) is 26.4 Å². The van der Waals surface area contributed by atoms with Gasteiger partial charge in [0, 0.05) is 146 Å². The topological polar surface area (TPSA) is 208 Å². The third-order valence-electron chi connectivity index (χ3n) is 25.2. The molecular weight excluding hydrogens is 1280 g/mol. The first-order chi connectivity index (χ1) is 47.2. The van der Waals surface area contributed by atoms with Crippen molar-refractivity contribution >= 4 is 65.9 Å². The number of nitrogens with one attached hydrogen (secondary N) is 2. The summed E-state index contributed by atoms with van der Waals surface area (Å²) < 4.78 is 75.4. The number of carbonyl (C=O) groups excluding carboxylic acids is 4. The first kappa shape index (κ1) is 65.8. The van der Waals surface area contributed by atoms with E-state index in [1.54, 1.807) is 33.3 Å². The summed E-state index contributed by atoms with van der Waals surface area (Å²) in [5.74, 6) is 1.73. The molecule has 20 nitrogen and oxygen atoms in total. The Labute approximate surface area is 577 Å². The Bertz CT molecular complexity index is 4430. The Kier molecular flexibility index (Phi) is 16.8. The Morgan fingerprint density at radius 1 is 0.531 bits per heavy atom. The first-order valence-corrected chi connectivity index (χ1v) is 39.4. The van der Waals surface area contributed by atoms with Crippen LogP contribution in [0.2, 0.25) is 0 Å². The van der Waals surface area contributed by atoms with E-state index in [0.29, 0.717) is 43.6 Å². The summed E-state index contributed by atoms with van der Waals surface area (Å²) in [5, 5.41) is 2.19. The van der Waals surface area contributed by atoms with Gasteiger partial charge in [0.25, 0.3) is 11.8 Å². The average molecular weight is 1370 g/mol. The summed E-state index contributed by atoms with van der Waals surface area (Å²) in [6.07, 6.45) is 19.9. The molecule has 0 radical (unpaired) electrons.